The minimum Gasteiger partial charge on any atom is -0.494 e. The molecule has 1 atom stereocenters. The molecule has 0 aromatic heterocycles. The smallest absolute Gasteiger partial charge is 0.228 e. The van der Waals surface area contributed by atoms with Crippen molar-refractivity contribution in [1.29, 1.82) is 0 Å². The lowest BCUT2D eigenvalue weighted by molar-refractivity contribution is -0.120. The summed E-state index contributed by atoms with van der Waals surface area (Å²) in [5, 5.41) is 3.30. The molecule has 6 nitrogen and oxygen atoms in total. The Morgan fingerprint density at radius 2 is 1.93 bits per heavy atom. The fourth-order valence-electron chi connectivity index (χ4n) is 3.36. The highest BCUT2D eigenvalue weighted by Crippen LogP contribution is 2.25. The number of nitrogens with zero attached hydrogens (tertiary/aromatic N) is 1. The van der Waals surface area contributed by atoms with Crippen LogP contribution in [-0.2, 0) is 20.6 Å². The predicted molar refractivity (Wildman–Crippen MR) is 115 cm³/mol. The van der Waals surface area contributed by atoms with E-state index >= 15 is 0 Å². The lowest BCUT2D eigenvalue weighted by Gasteiger charge is -2.31. The van der Waals surface area contributed by atoms with Crippen molar-refractivity contribution in [1.82, 2.24) is 4.31 Å². The third-order valence-electron chi connectivity index (χ3n) is 4.88. The average molecular weight is 437 g/mol. The predicted octanol–water partition coefficient (Wildman–Crippen LogP) is 3.92. The Bertz CT molecular complexity index is 947. The van der Waals surface area contributed by atoms with Crippen molar-refractivity contribution in [2.75, 3.05) is 25.0 Å². The van der Waals surface area contributed by atoms with Crippen molar-refractivity contribution in [3.05, 3.63) is 59.1 Å². The average Bonchev–Trinajstić information content (AvgIpc) is 2.71. The molecule has 1 amide bonds. The van der Waals surface area contributed by atoms with E-state index in [4.69, 9.17) is 16.3 Å². The van der Waals surface area contributed by atoms with Crippen LogP contribution < -0.4 is 10.1 Å². The molecule has 3 rings (SSSR count). The molecule has 0 bridgehead atoms. The minimum absolute atomic E-state index is 0.167. The van der Waals surface area contributed by atoms with E-state index in [1.165, 1.54) is 4.31 Å². The Morgan fingerprint density at radius 3 is 2.62 bits per heavy atom. The highest BCUT2D eigenvalue weighted by Gasteiger charge is 2.32. The summed E-state index contributed by atoms with van der Waals surface area (Å²) in [4.78, 5) is 12.7. The van der Waals surface area contributed by atoms with E-state index in [1.807, 2.05) is 6.92 Å². The number of amides is 1. The van der Waals surface area contributed by atoms with Gasteiger partial charge in [-0.25, -0.2) is 12.7 Å². The first-order valence-corrected chi connectivity index (χ1v) is 11.6. The molecule has 156 valence electrons. The van der Waals surface area contributed by atoms with Gasteiger partial charge in [-0.2, -0.15) is 0 Å². The lowest BCUT2D eigenvalue weighted by atomic mass is 9.99. The zero-order chi connectivity index (χ0) is 20.9. The maximum absolute atomic E-state index is 12.9. The summed E-state index contributed by atoms with van der Waals surface area (Å²) >= 11 is 6.11. The number of nitrogens with one attached hydrogen (secondary N) is 1. The third-order valence-corrected chi connectivity index (χ3v) is 7.04. The van der Waals surface area contributed by atoms with E-state index in [-0.39, 0.29) is 18.2 Å². The molecule has 0 radical (unpaired) electrons. The van der Waals surface area contributed by atoms with Crippen LogP contribution in [0.25, 0.3) is 0 Å². The first-order valence-electron chi connectivity index (χ1n) is 9.64. The molecule has 1 N–H and O–H groups in total. The Labute approximate surface area is 176 Å². The molecular formula is C21H25ClN2O4S. The Kier molecular flexibility index (Phi) is 7.16. The molecule has 2 aromatic rings. The van der Waals surface area contributed by atoms with Crippen molar-refractivity contribution in [2.24, 2.45) is 5.92 Å². The standard InChI is InChI=1S/C21H25ClN2O4S/c1-2-28-19-11-9-18(10-12-19)23-21(25)16-7-5-13-24(14-16)29(26,27)15-17-6-3-4-8-20(17)22/h3-4,6,8-12,16H,2,5,7,13-15H2,1H3,(H,23,25)/t16-/m1/s1. The first-order chi connectivity index (χ1) is 13.9. The Balaban J connectivity index is 1.63. The summed E-state index contributed by atoms with van der Waals surface area (Å²) in [6.45, 7) is 3.08. The number of benzene rings is 2. The van der Waals surface area contributed by atoms with Crippen LogP contribution in [0.3, 0.4) is 0 Å². The molecule has 2 aromatic carbocycles. The van der Waals surface area contributed by atoms with E-state index in [9.17, 15) is 13.2 Å². The van der Waals surface area contributed by atoms with Crippen molar-refractivity contribution >= 4 is 33.2 Å². The highest BCUT2D eigenvalue weighted by molar-refractivity contribution is 7.88. The molecule has 0 aliphatic carbocycles. The molecule has 8 heteroatoms. The van der Waals surface area contributed by atoms with Crippen molar-refractivity contribution < 1.29 is 17.9 Å². The number of hydrogen-bond acceptors (Lipinski definition) is 4. The summed E-state index contributed by atoms with van der Waals surface area (Å²) in [7, 11) is -3.56. The van der Waals surface area contributed by atoms with E-state index in [2.05, 4.69) is 5.32 Å². The van der Waals surface area contributed by atoms with Gasteiger partial charge in [-0.1, -0.05) is 29.8 Å². The van der Waals surface area contributed by atoms with Crippen LogP contribution >= 0.6 is 11.6 Å². The normalized spacial score (nSPS) is 17.7. The fraction of sp³-hybridized carbons (Fsp3) is 0.381. The van der Waals surface area contributed by atoms with E-state index < -0.39 is 15.9 Å². The maximum Gasteiger partial charge on any atom is 0.228 e. The SMILES string of the molecule is CCOc1ccc(NC(=O)[C@@H]2CCCN(S(=O)(=O)Cc3ccccc3Cl)C2)cc1. The lowest BCUT2D eigenvalue weighted by Crippen LogP contribution is -2.44. The summed E-state index contributed by atoms with van der Waals surface area (Å²) in [5.41, 5.74) is 1.23. The molecule has 0 spiro atoms. The first kappa shape index (κ1) is 21.6. The zero-order valence-electron chi connectivity index (χ0n) is 16.3. The number of rotatable bonds is 7. The largest absolute Gasteiger partial charge is 0.494 e. The highest BCUT2D eigenvalue weighted by atomic mass is 35.5. The van der Waals surface area contributed by atoms with Crippen LogP contribution in [-0.4, -0.2) is 38.3 Å². The molecule has 29 heavy (non-hydrogen) atoms. The summed E-state index contributed by atoms with van der Waals surface area (Å²) in [5.74, 6) is 0.00282. The number of anilines is 1. The van der Waals surface area contributed by atoms with Gasteiger partial charge in [0.2, 0.25) is 15.9 Å². The zero-order valence-corrected chi connectivity index (χ0v) is 17.9. The number of piperidine rings is 1. The molecule has 0 saturated carbocycles. The number of ether oxygens (including phenoxy) is 1. The van der Waals surface area contributed by atoms with Crippen molar-refractivity contribution in [3.8, 4) is 5.75 Å². The van der Waals surface area contributed by atoms with Crippen LogP contribution in [0.2, 0.25) is 5.02 Å². The number of hydrogen-bond donors (Lipinski definition) is 1. The molecule has 0 unspecified atom stereocenters. The summed E-state index contributed by atoms with van der Waals surface area (Å²) in [6, 6.07) is 14.0. The monoisotopic (exact) mass is 436 g/mol. The molecule has 1 aliphatic rings. The van der Waals surface area contributed by atoms with E-state index in [0.717, 1.165) is 5.75 Å². The Hall–Kier alpha value is -2.09. The van der Waals surface area contributed by atoms with Gasteiger partial charge in [0.05, 0.1) is 18.3 Å². The van der Waals surface area contributed by atoms with Gasteiger partial charge >= 0.3 is 0 Å². The van der Waals surface area contributed by atoms with Crippen LogP contribution in [0.5, 0.6) is 5.75 Å². The maximum atomic E-state index is 12.9. The van der Waals surface area contributed by atoms with Crippen LogP contribution in [0.15, 0.2) is 48.5 Å². The second-order valence-corrected chi connectivity index (χ2v) is 9.37. The van der Waals surface area contributed by atoms with Gasteiger partial charge in [0.15, 0.2) is 0 Å². The van der Waals surface area contributed by atoms with Gasteiger partial charge in [-0.05, 0) is 55.7 Å². The van der Waals surface area contributed by atoms with Crippen molar-refractivity contribution in [3.63, 3.8) is 0 Å². The fourth-order valence-corrected chi connectivity index (χ4v) is 5.28. The van der Waals surface area contributed by atoms with Gasteiger partial charge in [0.25, 0.3) is 0 Å². The number of carbonyl (C=O) groups excluding carboxylic acids is 1. The minimum atomic E-state index is -3.56. The second-order valence-electron chi connectivity index (χ2n) is 6.99. The van der Waals surface area contributed by atoms with Crippen LogP contribution in [0, 0.1) is 5.92 Å². The second kappa shape index (κ2) is 9.61. The molecule has 1 saturated heterocycles. The van der Waals surface area contributed by atoms with Crippen LogP contribution in [0.4, 0.5) is 5.69 Å². The molecule has 1 fully saturated rings. The summed E-state index contributed by atoms with van der Waals surface area (Å²) in [6.07, 6.45) is 1.30. The van der Waals surface area contributed by atoms with Crippen molar-refractivity contribution in [2.45, 2.75) is 25.5 Å². The quantitative estimate of drug-likeness (QED) is 0.713. The van der Waals surface area contributed by atoms with Gasteiger partial charge in [-0.3, -0.25) is 4.79 Å². The number of halogens is 1. The van der Waals surface area contributed by atoms with Gasteiger partial charge in [0, 0.05) is 23.8 Å². The van der Waals surface area contributed by atoms with Gasteiger partial charge in [0.1, 0.15) is 5.75 Å². The summed E-state index contributed by atoms with van der Waals surface area (Å²) < 4.78 is 32.5. The number of carbonyl (C=O) groups is 1. The van der Waals surface area contributed by atoms with Gasteiger partial charge in [-0.15, -0.1) is 0 Å². The molecular weight excluding hydrogens is 412 g/mol. The molecule has 1 aliphatic heterocycles. The molecule has 1 heterocycles. The Morgan fingerprint density at radius 1 is 1.21 bits per heavy atom. The third kappa shape index (κ3) is 5.72. The van der Waals surface area contributed by atoms with E-state index in [1.54, 1.807) is 48.5 Å². The number of sulfonamides is 1. The van der Waals surface area contributed by atoms with Gasteiger partial charge < -0.3 is 10.1 Å². The van der Waals surface area contributed by atoms with Crippen LogP contribution in [0.1, 0.15) is 25.3 Å². The topological polar surface area (TPSA) is 75.7 Å². The van der Waals surface area contributed by atoms with E-state index in [0.29, 0.717) is 42.3 Å².